The fraction of sp³-hybridized carbons (Fsp3) is 0.333. The molecule has 154 valence electrons. The van der Waals surface area contributed by atoms with E-state index in [-0.39, 0.29) is 36.3 Å². The highest BCUT2D eigenvalue weighted by atomic mass is 16.6. The van der Waals surface area contributed by atoms with Gasteiger partial charge < -0.3 is 15.5 Å². The first kappa shape index (κ1) is 22.0. The number of anilines is 2. The first-order valence-corrected chi connectivity index (χ1v) is 9.46. The van der Waals surface area contributed by atoms with E-state index in [1.807, 2.05) is 38.1 Å². The summed E-state index contributed by atoms with van der Waals surface area (Å²) in [6, 6.07) is 10.6. The molecule has 0 fully saturated rings. The molecule has 1 atom stereocenters. The monoisotopic (exact) mass is 399 g/mol. The lowest BCUT2D eigenvalue weighted by Crippen LogP contribution is -3.11. The molecule has 29 heavy (non-hydrogen) atoms. The van der Waals surface area contributed by atoms with E-state index in [1.165, 1.54) is 6.07 Å². The Hall–Kier alpha value is -3.26. The van der Waals surface area contributed by atoms with E-state index in [9.17, 15) is 19.7 Å². The molecular formula is C21H27N4O4+. The van der Waals surface area contributed by atoms with Gasteiger partial charge in [-0.1, -0.05) is 31.2 Å². The number of nitro groups is 1. The SMILES string of the molecule is CCc1ccccc1NC(=O)C[NH+](C)CC(=O)Nc1c([N+](=O)[O-])ccc(C)c1C. The Morgan fingerprint density at radius 1 is 1.03 bits per heavy atom. The summed E-state index contributed by atoms with van der Waals surface area (Å²) in [6.07, 6.45) is 0.802. The van der Waals surface area contributed by atoms with Crippen LogP contribution in [0.15, 0.2) is 36.4 Å². The summed E-state index contributed by atoms with van der Waals surface area (Å²) < 4.78 is 0. The number of amides is 2. The summed E-state index contributed by atoms with van der Waals surface area (Å²) in [4.78, 5) is 36.1. The van der Waals surface area contributed by atoms with Crippen molar-refractivity contribution < 1.29 is 19.4 Å². The minimum atomic E-state index is -0.517. The van der Waals surface area contributed by atoms with Gasteiger partial charge in [0.15, 0.2) is 13.1 Å². The van der Waals surface area contributed by atoms with Crippen LogP contribution in [0.2, 0.25) is 0 Å². The van der Waals surface area contributed by atoms with Crippen LogP contribution < -0.4 is 15.5 Å². The third-order valence-electron chi connectivity index (χ3n) is 4.77. The number of rotatable bonds is 8. The van der Waals surface area contributed by atoms with Crippen LogP contribution in [0.5, 0.6) is 0 Å². The summed E-state index contributed by atoms with van der Waals surface area (Å²) in [7, 11) is 1.72. The van der Waals surface area contributed by atoms with Crippen molar-refractivity contribution in [2.24, 2.45) is 0 Å². The third-order valence-corrected chi connectivity index (χ3v) is 4.77. The second-order valence-corrected chi connectivity index (χ2v) is 7.08. The fourth-order valence-electron chi connectivity index (χ4n) is 3.05. The number of carbonyl (C=O) groups excluding carboxylic acids is 2. The van der Waals surface area contributed by atoms with Crippen molar-refractivity contribution in [3.05, 3.63) is 63.2 Å². The van der Waals surface area contributed by atoms with E-state index in [0.29, 0.717) is 10.5 Å². The molecule has 2 amide bonds. The zero-order chi connectivity index (χ0) is 21.6. The summed E-state index contributed by atoms with van der Waals surface area (Å²) in [5.74, 6) is -0.588. The largest absolute Gasteiger partial charge is 0.322 e. The van der Waals surface area contributed by atoms with Gasteiger partial charge in [0.2, 0.25) is 0 Å². The van der Waals surface area contributed by atoms with Crippen LogP contribution in [0.3, 0.4) is 0 Å². The Kier molecular flexibility index (Phi) is 7.44. The van der Waals surface area contributed by atoms with Crippen LogP contribution in [0.1, 0.15) is 23.6 Å². The van der Waals surface area contributed by atoms with Crippen molar-refractivity contribution in [3.8, 4) is 0 Å². The molecule has 2 aromatic carbocycles. The lowest BCUT2D eigenvalue weighted by molar-refractivity contribution is -0.862. The van der Waals surface area contributed by atoms with Crippen LogP contribution in [0.25, 0.3) is 0 Å². The minimum absolute atomic E-state index is 0.00732. The first-order chi connectivity index (χ1) is 13.7. The molecular weight excluding hydrogens is 372 g/mol. The van der Waals surface area contributed by atoms with Crippen molar-refractivity contribution in [3.63, 3.8) is 0 Å². The topological polar surface area (TPSA) is 106 Å². The second-order valence-electron chi connectivity index (χ2n) is 7.08. The molecule has 0 saturated carbocycles. The van der Waals surface area contributed by atoms with Gasteiger partial charge in [0.1, 0.15) is 5.69 Å². The van der Waals surface area contributed by atoms with Crippen LogP contribution >= 0.6 is 0 Å². The van der Waals surface area contributed by atoms with Gasteiger partial charge in [-0.05, 0) is 43.0 Å². The minimum Gasteiger partial charge on any atom is -0.322 e. The third kappa shape index (κ3) is 5.86. The van der Waals surface area contributed by atoms with Gasteiger partial charge in [-0.3, -0.25) is 19.7 Å². The van der Waals surface area contributed by atoms with Gasteiger partial charge in [-0.2, -0.15) is 0 Å². The Labute approximate surface area is 170 Å². The van der Waals surface area contributed by atoms with Gasteiger partial charge in [0.25, 0.3) is 17.5 Å². The number of likely N-dealkylation sites (N-methyl/N-ethyl adjacent to an activating group) is 1. The molecule has 0 aliphatic carbocycles. The zero-order valence-corrected chi connectivity index (χ0v) is 17.2. The molecule has 2 aromatic rings. The fourth-order valence-corrected chi connectivity index (χ4v) is 3.05. The maximum absolute atomic E-state index is 12.4. The van der Waals surface area contributed by atoms with E-state index in [2.05, 4.69) is 10.6 Å². The van der Waals surface area contributed by atoms with Gasteiger partial charge >= 0.3 is 0 Å². The molecule has 2 rings (SSSR count). The number of nitrogens with one attached hydrogen (secondary N) is 3. The highest BCUT2D eigenvalue weighted by Gasteiger charge is 2.21. The average Bonchev–Trinajstić information content (AvgIpc) is 2.65. The van der Waals surface area contributed by atoms with Gasteiger partial charge in [0.05, 0.1) is 12.0 Å². The predicted molar refractivity (Wildman–Crippen MR) is 112 cm³/mol. The van der Waals surface area contributed by atoms with Crippen molar-refractivity contribution in [2.45, 2.75) is 27.2 Å². The molecule has 1 unspecified atom stereocenters. The molecule has 8 nitrogen and oxygen atoms in total. The highest BCUT2D eigenvalue weighted by Crippen LogP contribution is 2.29. The standard InChI is InChI=1S/C21H26N4O4/c1-5-16-8-6-7-9-17(16)22-19(26)12-24(4)13-20(27)23-21-15(3)14(2)10-11-18(21)25(28)29/h6-11H,5,12-13H2,1-4H3,(H,22,26)(H,23,27)/p+1. The van der Waals surface area contributed by atoms with Gasteiger partial charge in [-0.15, -0.1) is 0 Å². The maximum atomic E-state index is 12.4. The van der Waals surface area contributed by atoms with Crippen LogP contribution in [0.4, 0.5) is 17.1 Å². The molecule has 0 bridgehead atoms. The second kappa shape index (κ2) is 9.79. The van der Waals surface area contributed by atoms with E-state index >= 15 is 0 Å². The molecule has 0 heterocycles. The van der Waals surface area contributed by atoms with E-state index in [1.54, 1.807) is 20.0 Å². The van der Waals surface area contributed by atoms with Crippen LogP contribution in [-0.2, 0) is 16.0 Å². The Bertz CT molecular complexity index is 927. The summed E-state index contributed by atoms with van der Waals surface area (Å²) in [5.41, 5.74) is 3.36. The summed E-state index contributed by atoms with van der Waals surface area (Å²) in [5, 5.41) is 16.8. The first-order valence-electron chi connectivity index (χ1n) is 9.46. The zero-order valence-electron chi connectivity index (χ0n) is 17.2. The number of carbonyl (C=O) groups is 2. The van der Waals surface area contributed by atoms with E-state index < -0.39 is 4.92 Å². The van der Waals surface area contributed by atoms with Crippen molar-refractivity contribution in [1.29, 1.82) is 0 Å². The molecule has 0 saturated heterocycles. The van der Waals surface area contributed by atoms with Crippen molar-refractivity contribution in [2.75, 3.05) is 30.8 Å². The number of para-hydroxylation sites is 1. The molecule has 0 radical (unpaired) electrons. The maximum Gasteiger partial charge on any atom is 0.293 e. The molecule has 0 aromatic heterocycles. The smallest absolute Gasteiger partial charge is 0.293 e. The average molecular weight is 399 g/mol. The summed E-state index contributed by atoms with van der Waals surface area (Å²) >= 11 is 0. The molecule has 0 aliphatic heterocycles. The normalized spacial score (nSPS) is 11.6. The van der Waals surface area contributed by atoms with Gasteiger partial charge in [-0.25, -0.2) is 0 Å². The number of nitro benzene ring substituents is 1. The lowest BCUT2D eigenvalue weighted by Gasteiger charge is -2.16. The Morgan fingerprint density at radius 2 is 1.66 bits per heavy atom. The molecule has 8 heteroatoms. The number of benzene rings is 2. The van der Waals surface area contributed by atoms with Crippen LogP contribution in [0, 0.1) is 24.0 Å². The number of hydrogen-bond donors (Lipinski definition) is 3. The number of hydrogen-bond acceptors (Lipinski definition) is 4. The van der Waals surface area contributed by atoms with Crippen molar-refractivity contribution in [1.82, 2.24) is 0 Å². The molecule has 0 spiro atoms. The summed E-state index contributed by atoms with van der Waals surface area (Å²) in [6.45, 7) is 5.67. The quantitative estimate of drug-likeness (QED) is 0.465. The van der Waals surface area contributed by atoms with Crippen LogP contribution in [-0.4, -0.2) is 36.9 Å². The highest BCUT2D eigenvalue weighted by molar-refractivity contribution is 5.95. The van der Waals surface area contributed by atoms with Gasteiger partial charge in [0, 0.05) is 11.8 Å². The van der Waals surface area contributed by atoms with Crippen molar-refractivity contribution >= 4 is 28.9 Å². The number of aryl methyl sites for hydroxylation is 2. The lowest BCUT2D eigenvalue weighted by atomic mass is 10.1. The molecule has 0 aliphatic rings. The number of quaternary nitrogens is 1. The van der Waals surface area contributed by atoms with E-state index in [0.717, 1.165) is 23.2 Å². The molecule has 3 N–H and O–H groups in total. The van der Waals surface area contributed by atoms with E-state index in [4.69, 9.17) is 0 Å². The number of nitrogens with zero attached hydrogens (tertiary/aromatic N) is 1. The Balaban J connectivity index is 1.98. The predicted octanol–water partition coefficient (Wildman–Crippen LogP) is 1.87. The Morgan fingerprint density at radius 3 is 2.28 bits per heavy atom.